The van der Waals surface area contributed by atoms with Crippen molar-refractivity contribution in [1.29, 1.82) is 0 Å². The number of benzene rings is 1. The van der Waals surface area contributed by atoms with Gasteiger partial charge in [-0.3, -0.25) is 0 Å². The molecule has 3 rings (SSSR count). The van der Waals surface area contributed by atoms with Gasteiger partial charge in [0.25, 0.3) is 0 Å². The molecule has 0 radical (unpaired) electrons. The first-order chi connectivity index (χ1) is 8.33. The zero-order valence-corrected chi connectivity index (χ0v) is 9.89. The quantitative estimate of drug-likeness (QED) is 0.852. The van der Waals surface area contributed by atoms with Gasteiger partial charge in [0.2, 0.25) is 0 Å². The van der Waals surface area contributed by atoms with E-state index in [0.29, 0.717) is 6.61 Å². The molecular weight excluding hydrogens is 216 g/mol. The molecule has 0 spiro atoms. The number of aliphatic hydroxyl groups excluding tert-OH is 1. The van der Waals surface area contributed by atoms with Crippen molar-refractivity contribution in [2.75, 3.05) is 13.2 Å². The standard InChI is InChI=1S/C14H18O3/c15-14-6-3-10-8-11(4-5-13(10)14)17-12-2-1-7-16-9-12/h4-5,8,12,14-15H,1-3,6-7,9H2/t12?,14-/m0/s1. The lowest BCUT2D eigenvalue weighted by molar-refractivity contribution is 0.00740. The normalized spacial score (nSPS) is 27.8. The maximum atomic E-state index is 9.73. The summed E-state index contributed by atoms with van der Waals surface area (Å²) in [6.07, 6.45) is 3.85. The Morgan fingerprint density at radius 1 is 1.29 bits per heavy atom. The second-order valence-corrected chi connectivity index (χ2v) is 4.87. The molecule has 1 aliphatic heterocycles. The van der Waals surface area contributed by atoms with Crippen molar-refractivity contribution in [3.63, 3.8) is 0 Å². The van der Waals surface area contributed by atoms with Gasteiger partial charge in [0.1, 0.15) is 11.9 Å². The van der Waals surface area contributed by atoms with E-state index in [4.69, 9.17) is 9.47 Å². The molecule has 1 aromatic rings. The molecule has 2 aliphatic rings. The van der Waals surface area contributed by atoms with Crippen LogP contribution in [0.25, 0.3) is 0 Å². The molecule has 0 saturated carbocycles. The van der Waals surface area contributed by atoms with Crippen LogP contribution in [0.15, 0.2) is 18.2 Å². The average molecular weight is 234 g/mol. The van der Waals surface area contributed by atoms with E-state index in [9.17, 15) is 5.11 Å². The second kappa shape index (κ2) is 4.67. The Hall–Kier alpha value is -1.06. The molecule has 2 atom stereocenters. The molecule has 92 valence electrons. The highest BCUT2D eigenvalue weighted by Crippen LogP contribution is 2.33. The summed E-state index contributed by atoms with van der Waals surface area (Å²) in [7, 11) is 0. The van der Waals surface area contributed by atoms with Crippen molar-refractivity contribution in [2.45, 2.75) is 37.9 Å². The first-order valence-corrected chi connectivity index (χ1v) is 6.38. The highest BCUT2D eigenvalue weighted by atomic mass is 16.5. The van der Waals surface area contributed by atoms with Gasteiger partial charge in [0.05, 0.1) is 12.7 Å². The fraction of sp³-hybridized carbons (Fsp3) is 0.571. The first-order valence-electron chi connectivity index (χ1n) is 6.38. The molecule has 17 heavy (non-hydrogen) atoms. The third kappa shape index (κ3) is 2.31. The van der Waals surface area contributed by atoms with Crippen LogP contribution in [-0.2, 0) is 11.2 Å². The molecule has 1 heterocycles. The predicted octanol–water partition coefficient (Wildman–Crippen LogP) is 2.22. The van der Waals surface area contributed by atoms with Crippen molar-refractivity contribution >= 4 is 0 Å². The summed E-state index contributed by atoms with van der Waals surface area (Å²) in [6, 6.07) is 6.02. The molecule has 3 heteroatoms. The van der Waals surface area contributed by atoms with Gasteiger partial charge in [-0.2, -0.15) is 0 Å². The predicted molar refractivity (Wildman–Crippen MR) is 64.2 cm³/mol. The van der Waals surface area contributed by atoms with E-state index in [0.717, 1.165) is 43.6 Å². The van der Waals surface area contributed by atoms with Crippen LogP contribution in [0.1, 0.15) is 36.5 Å². The van der Waals surface area contributed by atoms with Crippen molar-refractivity contribution in [1.82, 2.24) is 0 Å². The third-order valence-electron chi connectivity index (χ3n) is 3.58. The van der Waals surface area contributed by atoms with E-state index in [1.807, 2.05) is 12.1 Å². The van der Waals surface area contributed by atoms with Crippen LogP contribution in [0.3, 0.4) is 0 Å². The van der Waals surface area contributed by atoms with Gasteiger partial charge in [-0.15, -0.1) is 0 Å². The lowest BCUT2D eigenvalue weighted by Gasteiger charge is -2.23. The van der Waals surface area contributed by atoms with E-state index >= 15 is 0 Å². The zero-order chi connectivity index (χ0) is 11.7. The summed E-state index contributed by atoms with van der Waals surface area (Å²) in [5.41, 5.74) is 2.30. The van der Waals surface area contributed by atoms with E-state index in [2.05, 4.69) is 6.07 Å². The summed E-state index contributed by atoms with van der Waals surface area (Å²) >= 11 is 0. The molecule has 1 fully saturated rings. The molecule has 1 aliphatic carbocycles. The minimum atomic E-state index is -0.280. The minimum absolute atomic E-state index is 0.188. The molecule has 0 aromatic heterocycles. The molecule has 0 bridgehead atoms. The number of aliphatic hydroxyl groups is 1. The Morgan fingerprint density at radius 3 is 3.06 bits per heavy atom. The fourth-order valence-corrected chi connectivity index (χ4v) is 2.64. The van der Waals surface area contributed by atoms with Crippen LogP contribution in [0.5, 0.6) is 5.75 Å². The van der Waals surface area contributed by atoms with Gasteiger partial charge >= 0.3 is 0 Å². The Kier molecular flexibility index (Phi) is 3.04. The molecule has 0 amide bonds. The molecule has 1 unspecified atom stereocenters. The van der Waals surface area contributed by atoms with E-state index in [-0.39, 0.29) is 12.2 Å². The number of hydrogen-bond donors (Lipinski definition) is 1. The Morgan fingerprint density at radius 2 is 2.24 bits per heavy atom. The SMILES string of the molecule is O[C@H]1CCc2cc(OC3CCCOC3)ccc21. The molecule has 1 saturated heterocycles. The number of aryl methyl sites for hydroxylation is 1. The van der Waals surface area contributed by atoms with Crippen molar-refractivity contribution in [2.24, 2.45) is 0 Å². The monoisotopic (exact) mass is 234 g/mol. The summed E-state index contributed by atoms with van der Waals surface area (Å²) in [5, 5.41) is 9.73. The maximum absolute atomic E-state index is 9.73. The van der Waals surface area contributed by atoms with Gasteiger partial charge in [0, 0.05) is 6.61 Å². The highest BCUT2D eigenvalue weighted by molar-refractivity contribution is 5.39. The summed E-state index contributed by atoms with van der Waals surface area (Å²) < 4.78 is 11.3. The topological polar surface area (TPSA) is 38.7 Å². The van der Waals surface area contributed by atoms with Crippen molar-refractivity contribution in [3.05, 3.63) is 29.3 Å². The zero-order valence-electron chi connectivity index (χ0n) is 9.89. The van der Waals surface area contributed by atoms with Crippen LogP contribution in [0.4, 0.5) is 0 Å². The molecular formula is C14H18O3. The van der Waals surface area contributed by atoms with Crippen LogP contribution in [0, 0.1) is 0 Å². The highest BCUT2D eigenvalue weighted by Gasteiger charge is 2.21. The first kappa shape index (κ1) is 11.1. The third-order valence-corrected chi connectivity index (χ3v) is 3.58. The number of ether oxygens (including phenoxy) is 2. The lowest BCUT2D eigenvalue weighted by Crippen LogP contribution is -2.28. The minimum Gasteiger partial charge on any atom is -0.488 e. The Balaban J connectivity index is 1.71. The summed E-state index contributed by atoms with van der Waals surface area (Å²) in [5.74, 6) is 0.911. The van der Waals surface area contributed by atoms with Gasteiger partial charge < -0.3 is 14.6 Å². The summed E-state index contributed by atoms with van der Waals surface area (Å²) in [6.45, 7) is 1.55. The van der Waals surface area contributed by atoms with E-state index in [1.54, 1.807) is 0 Å². The largest absolute Gasteiger partial charge is 0.488 e. The van der Waals surface area contributed by atoms with Crippen LogP contribution >= 0.6 is 0 Å². The smallest absolute Gasteiger partial charge is 0.122 e. The Bertz CT molecular complexity index is 396. The average Bonchev–Trinajstić information content (AvgIpc) is 2.72. The fourth-order valence-electron chi connectivity index (χ4n) is 2.64. The number of hydrogen-bond acceptors (Lipinski definition) is 3. The van der Waals surface area contributed by atoms with Gasteiger partial charge in [-0.05, 0) is 48.9 Å². The molecule has 1 N–H and O–H groups in total. The number of rotatable bonds is 2. The van der Waals surface area contributed by atoms with Gasteiger partial charge in [-0.25, -0.2) is 0 Å². The van der Waals surface area contributed by atoms with Crippen LogP contribution in [0.2, 0.25) is 0 Å². The maximum Gasteiger partial charge on any atom is 0.122 e. The van der Waals surface area contributed by atoms with Crippen LogP contribution < -0.4 is 4.74 Å². The summed E-state index contributed by atoms with van der Waals surface area (Å²) in [4.78, 5) is 0. The van der Waals surface area contributed by atoms with Crippen molar-refractivity contribution < 1.29 is 14.6 Å². The lowest BCUT2D eigenvalue weighted by atomic mass is 10.1. The van der Waals surface area contributed by atoms with Gasteiger partial charge in [0.15, 0.2) is 0 Å². The van der Waals surface area contributed by atoms with E-state index < -0.39 is 0 Å². The van der Waals surface area contributed by atoms with Crippen molar-refractivity contribution in [3.8, 4) is 5.75 Å². The second-order valence-electron chi connectivity index (χ2n) is 4.87. The van der Waals surface area contributed by atoms with E-state index in [1.165, 1.54) is 5.56 Å². The molecule has 3 nitrogen and oxygen atoms in total. The molecule has 1 aromatic carbocycles. The van der Waals surface area contributed by atoms with Gasteiger partial charge in [-0.1, -0.05) is 6.07 Å². The van der Waals surface area contributed by atoms with Crippen LogP contribution in [-0.4, -0.2) is 24.4 Å². The number of fused-ring (bicyclic) bond motifs is 1. The Labute approximate surface area is 101 Å².